The molecule has 0 aromatic carbocycles. The second-order valence-corrected chi connectivity index (χ2v) is 6.25. The van der Waals surface area contributed by atoms with Crippen molar-refractivity contribution in [2.45, 2.75) is 53.5 Å². The lowest BCUT2D eigenvalue weighted by Gasteiger charge is -2.25. The van der Waals surface area contributed by atoms with Crippen molar-refractivity contribution < 1.29 is 4.79 Å². The predicted octanol–water partition coefficient (Wildman–Crippen LogP) is 3.00. The topological polar surface area (TPSA) is 39.1 Å². The summed E-state index contributed by atoms with van der Waals surface area (Å²) in [5.74, 6) is 0.198. The molecular weight excluding hydrogens is 226 g/mol. The summed E-state index contributed by atoms with van der Waals surface area (Å²) < 4.78 is 1.75. The van der Waals surface area contributed by atoms with E-state index in [-0.39, 0.29) is 22.3 Å². The van der Waals surface area contributed by atoms with Crippen LogP contribution in [0.25, 0.3) is 0 Å². The second kappa shape index (κ2) is 5.09. The number of pyridine rings is 1. The highest BCUT2D eigenvalue weighted by Crippen LogP contribution is 2.22. The van der Waals surface area contributed by atoms with E-state index in [1.807, 2.05) is 6.07 Å². The zero-order valence-electron chi connectivity index (χ0n) is 12.2. The minimum Gasteiger partial charge on any atom is -0.311 e. The summed E-state index contributed by atoms with van der Waals surface area (Å²) in [6, 6.07) is 3.56. The van der Waals surface area contributed by atoms with Crippen LogP contribution in [0.3, 0.4) is 0 Å². The third-order valence-electron chi connectivity index (χ3n) is 2.87. The number of rotatable bonds is 3. The van der Waals surface area contributed by atoms with Gasteiger partial charge in [-0.2, -0.15) is 0 Å². The van der Waals surface area contributed by atoms with Gasteiger partial charge in [0.2, 0.25) is 0 Å². The Morgan fingerprint density at radius 3 is 2.22 bits per heavy atom. The zero-order chi connectivity index (χ0) is 14.1. The van der Waals surface area contributed by atoms with E-state index in [0.29, 0.717) is 12.5 Å². The van der Waals surface area contributed by atoms with E-state index in [1.165, 1.54) is 6.92 Å². The maximum atomic E-state index is 12.4. The van der Waals surface area contributed by atoms with E-state index in [0.717, 1.165) is 5.69 Å². The van der Waals surface area contributed by atoms with Crippen LogP contribution in [-0.4, -0.2) is 10.4 Å². The molecule has 0 amide bonds. The first kappa shape index (κ1) is 14.7. The summed E-state index contributed by atoms with van der Waals surface area (Å²) in [6.07, 6.45) is 0. The minimum absolute atomic E-state index is 0.108. The largest absolute Gasteiger partial charge is 0.311 e. The molecule has 0 aliphatic heterocycles. The Morgan fingerprint density at radius 2 is 1.83 bits per heavy atom. The molecule has 0 unspecified atom stereocenters. The van der Waals surface area contributed by atoms with Gasteiger partial charge in [0, 0.05) is 17.7 Å². The lowest BCUT2D eigenvalue weighted by Crippen LogP contribution is -2.33. The Kier molecular flexibility index (Phi) is 4.15. The van der Waals surface area contributed by atoms with Gasteiger partial charge in [0.1, 0.15) is 0 Å². The van der Waals surface area contributed by atoms with Crippen molar-refractivity contribution in [3.8, 4) is 0 Å². The number of carbonyl (C=O) groups is 1. The van der Waals surface area contributed by atoms with Crippen molar-refractivity contribution >= 4 is 5.78 Å². The fourth-order valence-corrected chi connectivity index (χ4v) is 2.05. The molecule has 0 saturated heterocycles. The van der Waals surface area contributed by atoms with Crippen LogP contribution in [0.4, 0.5) is 0 Å². The van der Waals surface area contributed by atoms with Crippen LogP contribution >= 0.6 is 0 Å². The fraction of sp³-hybridized carbons (Fsp3) is 0.600. The van der Waals surface area contributed by atoms with Crippen LogP contribution in [0.2, 0.25) is 0 Å². The number of hydrogen-bond donors (Lipinski definition) is 0. The summed E-state index contributed by atoms with van der Waals surface area (Å²) in [5.41, 5.74) is 0.988. The van der Waals surface area contributed by atoms with Gasteiger partial charge in [-0.25, -0.2) is 0 Å². The molecule has 0 radical (unpaired) electrons. The van der Waals surface area contributed by atoms with Crippen LogP contribution in [0.1, 0.15) is 57.6 Å². The van der Waals surface area contributed by atoms with Crippen molar-refractivity contribution in [2.75, 3.05) is 0 Å². The minimum atomic E-state index is -0.169. The predicted molar refractivity (Wildman–Crippen MR) is 74.2 cm³/mol. The molecule has 3 nitrogen and oxygen atoms in total. The standard InChI is InChI=1S/C15H23NO2/c1-10(2)9-16-13(15(4,5)6)8-7-12(11(3)17)14(16)18/h7-8,10H,9H2,1-6H3. The van der Waals surface area contributed by atoms with E-state index in [1.54, 1.807) is 10.6 Å². The summed E-state index contributed by atoms with van der Waals surface area (Å²) >= 11 is 0. The SMILES string of the molecule is CC(=O)c1ccc(C(C)(C)C)n(CC(C)C)c1=O. The molecule has 0 N–H and O–H groups in total. The first-order valence-corrected chi connectivity index (χ1v) is 6.40. The lowest BCUT2D eigenvalue weighted by atomic mass is 9.90. The van der Waals surface area contributed by atoms with Gasteiger partial charge in [0.25, 0.3) is 5.56 Å². The van der Waals surface area contributed by atoms with E-state index >= 15 is 0 Å². The first-order chi connectivity index (χ1) is 8.14. The van der Waals surface area contributed by atoms with Gasteiger partial charge >= 0.3 is 0 Å². The zero-order valence-corrected chi connectivity index (χ0v) is 12.2. The third-order valence-corrected chi connectivity index (χ3v) is 2.87. The van der Waals surface area contributed by atoms with Crippen LogP contribution in [0.15, 0.2) is 16.9 Å². The Hall–Kier alpha value is -1.38. The van der Waals surface area contributed by atoms with E-state index in [4.69, 9.17) is 0 Å². The van der Waals surface area contributed by atoms with Crippen LogP contribution in [0, 0.1) is 5.92 Å². The highest BCUT2D eigenvalue weighted by molar-refractivity contribution is 5.93. The molecule has 100 valence electrons. The molecule has 1 aromatic heterocycles. The number of Topliss-reactive ketones (excluding diaryl/α,β-unsaturated/α-hetero) is 1. The Bertz CT molecular complexity index is 504. The Balaban J connectivity index is 3.52. The fourth-order valence-electron chi connectivity index (χ4n) is 2.05. The van der Waals surface area contributed by atoms with Gasteiger partial charge in [0.05, 0.1) is 5.56 Å². The van der Waals surface area contributed by atoms with Crippen molar-refractivity contribution in [1.82, 2.24) is 4.57 Å². The number of carbonyl (C=O) groups excluding carboxylic acids is 1. The number of aromatic nitrogens is 1. The molecule has 18 heavy (non-hydrogen) atoms. The van der Waals surface area contributed by atoms with Crippen LogP contribution in [-0.2, 0) is 12.0 Å². The molecule has 1 rings (SSSR count). The van der Waals surface area contributed by atoms with Gasteiger partial charge in [-0.15, -0.1) is 0 Å². The average molecular weight is 249 g/mol. The summed E-state index contributed by atoms with van der Waals surface area (Å²) in [4.78, 5) is 23.8. The maximum absolute atomic E-state index is 12.4. The van der Waals surface area contributed by atoms with Gasteiger partial charge < -0.3 is 4.57 Å². The maximum Gasteiger partial charge on any atom is 0.261 e. The summed E-state index contributed by atoms with van der Waals surface area (Å²) in [7, 11) is 0. The van der Waals surface area contributed by atoms with E-state index in [2.05, 4.69) is 34.6 Å². The molecule has 0 aliphatic carbocycles. The summed E-state index contributed by atoms with van der Waals surface area (Å²) in [5, 5.41) is 0. The second-order valence-electron chi connectivity index (χ2n) is 6.25. The molecule has 1 aromatic rings. The van der Waals surface area contributed by atoms with E-state index < -0.39 is 0 Å². The van der Waals surface area contributed by atoms with Crippen molar-refractivity contribution in [2.24, 2.45) is 5.92 Å². The van der Waals surface area contributed by atoms with Gasteiger partial charge in [-0.1, -0.05) is 34.6 Å². The molecule has 1 heterocycles. The number of hydrogen-bond acceptors (Lipinski definition) is 2. The molecule has 0 bridgehead atoms. The van der Waals surface area contributed by atoms with Gasteiger partial charge in [-0.3, -0.25) is 9.59 Å². The molecule has 0 atom stereocenters. The smallest absolute Gasteiger partial charge is 0.261 e. The quantitative estimate of drug-likeness (QED) is 0.772. The first-order valence-electron chi connectivity index (χ1n) is 6.40. The molecular formula is C15H23NO2. The normalized spacial score (nSPS) is 11.9. The highest BCUT2D eigenvalue weighted by Gasteiger charge is 2.21. The van der Waals surface area contributed by atoms with E-state index in [9.17, 15) is 9.59 Å². The monoisotopic (exact) mass is 249 g/mol. The summed E-state index contributed by atoms with van der Waals surface area (Å²) in [6.45, 7) is 12.4. The lowest BCUT2D eigenvalue weighted by molar-refractivity contribution is 0.101. The van der Waals surface area contributed by atoms with Crippen molar-refractivity contribution in [3.63, 3.8) is 0 Å². The van der Waals surface area contributed by atoms with Crippen molar-refractivity contribution in [3.05, 3.63) is 33.7 Å². The Labute approximate surface area is 109 Å². The molecule has 0 saturated carbocycles. The van der Waals surface area contributed by atoms with Crippen LogP contribution < -0.4 is 5.56 Å². The van der Waals surface area contributed by atoms with Crippen molar-refractivity contribution in [1.29, 1.82) is 0 Å². The van der Waals surface area contributed by atoms with Gasteiger partial charge in [0.15, 0.2) is 5.78 Å². The third kappa shape index (κ3) is 3.09. The van der Waals surface area contributed by atoms with Crippen LogP contribution in [0.5, 0.6) is 0 Å². The highest BCUT2D eigenvalue weighted by atomic mass is 16.1. The average Bonchev–Trinajstić information content (AvgIpc) is 2.17. The number of nitrogens with zero attached hydrogens (tertiary/aromatic N) is 1. The number of ketones is 1. The Morgan fingerprint density at radius 1 is 1.28 bits per heavy atom. The molecule has 3 heteroatoms. The molecule has 0 aliphatic rings. The molecule has 0 spiro atoms. The van der Waals surface area contributed by atoms with Gasteiger partial charge in [-0.05, 0) is 25.0 Å². The molecule has 0 fully saturated rings.